The molecule has 19 heavy (non-hydrogen) atoms. The monoisotopic (exact) mass is 256 g/mol. The third kappa shape index (κ3) is 3.15. The Morgan fingerprint density at radius 3 is 2.95 bits per heavy atom. The fraction of sp³-hybridized carbons (Fsp3) is 0.438. The van der Waals surface area contributed by atoms with E-state index in [9.17, 15) is 4.79 Å². The molecule has 1 amide bonds. The number of carbonyl (C=O) groups excluding carboxylic acids is 1. The lowest BCUT2D eigenvalue weighted by molar-refractivity contribution is 0.0788. The van der Waals surface area contributed by atoms with E-state index in [4.69, 9.17) is 5.73 Å². The fourth-order valence-corrected chi connectivity index (χ4v) is 2.34. The highest BCUT2D eigenvalue weighted by atomic mass is 16.2. The van der Waals surface area contributed by atoms with Gasteiger partial charge in [0.2, 0.25) is 0 Å². The SMILES string of the molecule is Cc1ccc(C(=O)N2CCC(C)C2)cc1C#CCN. The van der Waals surface area contributed by atoms with Crippen LogP contribution in [0.4, 0.5) is 0 Å². The summed E-state index contributed by atoms with van der Waals surface area (Å²) in [5, 5.41) is 0. The second kappa shape index (κ2) is 5.90. The van der Waals surface area contributed by atoms with E-state index < -0.39 is 0 Å². The molecule has 0 saturated carbocycles. The standard InChI is InChI=1S/C16H20N2O/c1-12-7-9-18(11-12)16(19)15-6-5-13(2)14(10-15)4-3-8-17/h5-6,10,12H,7-9,11,17H2,1-2H3. The van der Waals surface area contributed by atoms with Crippen molar-refractivity contribution in [2.45, 2.75) is 20.3 Å². The van der Waals surface area contributed by atoms with Crippen LogP contribution in [0.15, 0.2) is 18.2 Å². The predicted octanol–water partition coefficient (Wildman–Crippen LogP) is 1.79. The van der Waals surface area contributed by atoms with Gasteiger partial charge in [0.15, 0.2) is 0 Å². The van der Waals surface area contributed by atoms with E-state index in [1.807, 2.05) is 30.0 Å². The summed E-state index contributed by atoms with van der Waals surface area (Å²) in [7, 11) is 0. The first-order valence-electron chi connectivity index (χ1n) is 6.70. The highest BCUT2D eigenvalue weighted by molar-refractivity contribution is 5.94. The summed E-state index contributed by atoms with van der Waals surface area (Å²) in [6, 6.07) is 5.71. The molecule has 1 aromatic rings. The third-order valence-electron chi connectivity index (χ3n) is 3.52. The topological polar surface area (TPSA) is 46.3 Å². The van der Waals surface area contributed by atoms with E-state index >= 15 is 0 Å². The Morgan fingerprint density at radius 1 is 1.53 bits per heavy atom. The number of hydrogen-bond donors (Lipinski definition) is 1. The van der Waals surface area contributed by atoms with Crippen LogP contribution >= 0.6 is 0 Å². The molecule has 2 rings (SSSR count). The third-order valence-corrected chi connectivity index (χ3v) is 3.52. The molecular weight excluding hydrogens is 236 g/mol. The number of benzene rings is 1. The molecular formula is C16H20N2O. The first kappa shape index (κ1) is 13.6. The lowest BCUT2D eigenvalue weighted by Gasteiger charge is -2.16. The number of amides is 1. The van der Waals surface area contributed by atoms with Crippen molar-refractivity contribution in [1.82, 2.24) is 4.90 Å². The van der Waals surface area contributed by atoms with Crippen molar-refractivity contribution in [3.63, 3.8) is 0 Å². The maximum atomic E-state index is 12.4. The normalized spacial score (nSPS) is 18.1. The summed E-state index contributed by atoms with van der Waals surface area (Å²) < 4.78 is 0. The van der Waals surface area contributed by atoms with E-state index in [2.05, 4.69) is 18.8 Å². The average molecular weight is 256 g/mol. The highest BCUT2D eigenvalue weighted by Gasteiger charge is 2.24. The number of likely N-dealkylation sites (tertiary alicyclic amines) is 1. The van der Waals surface area contributed by atoms with E-state index in [0.717, 1.165) is 36.2 Å². The van der Waals surface area contributed by atoms with Crippen molar-refractivity contribution < 1.29 is 4.79 Å². The van der Waals surface area contributed by atoms with Gasteiger partial charge >= 0.3 is 0 Å². The van der Waals surface area contributed by atoms with Crippen LogP contribution in [0, 0.1) is 24.7 Å². The van der Waals surface area contributed by atoms with Gasteiger partial charge in [0.1, 0.15) is 0 Å². The van der Waals surface area contributed by atoms with Gasteiger partial charge in [-0.2, -0.15) is 0 Å². The quantitative estimate of drug-likeness (QED) is 0.779. The minimum Gasteiger partial charge on any atom is -0.338 e. The van der Waals surface area contributed by atoms with Crippen LogP contribution in [0.2, 0.25) is 0 Å². The molecule has 0 spiro atoms. The van der Waals surface area contributed by atoms with Gasteiger partial charge in [-0.15, -0.1) is 0 Å². The Bertz CT molecular complexity index is 539. The van der Waals surface area contributed by atoms with Gasteiger partial charge in [-0.1, -0.05) is 24.8 Å². The van der Waals surface area contributed by atoms with Crippen LogP contribution in [-0.4, -0.2) is 30.4 Å². The summed E-state index contributed by atoms with van der Waals surface area (Å²) in [6.07, 6.45) is 1.09. The van der Waals surface area contributed by atoms with Gasteiger partial charge in [-0.05, 0) is 37.0 Å². The van der Waals surface area contributed by atoms with Gasteiger partial charge in [-0.3, -0.25) is 4.79 Å². The summed E-state index contributed by atoms with van der Waals surface area (Å²) in [6.45, 7) is 6.22. The summed E-state index contributed by atoms with van der Waals surface area (Å²) in [5.74, 6) is 6.58. The van der Waals surface area contributed by atoms with Crippen molar-refractivity contribution in [1.29, 1.82) is 0 Å². The van der Waals surface area contributed by atoms with Crippen LogP contribution in [0.5, 0.6) is 0 Å². The van der Waals surface area contributed by atoms with E-state index in [0.29, 0.717) is 12.5 Å². The van der Waals surface area contributed by atoms with Gasteiger partial charge in [0.25, 0.3) is 5.91 Å². The molecule has 3 heteroatoms. The Hall–Kier alpha value is -1.79. The maximum Gasteiger partial charge on any atom is 0.253 e. The van der Waals surface area contributed by atoms with Gasteiger partial charge in [-0.25, -0.2) is 0 Å². The molecule has 3 nitrogen and oxygen atoms in total. The van der Waals surface area contributed by atoms with Crippen molar-refractivity contribution in [2.75, 3.05) is 19.6 Å². The largest absolute Gasteiger partial charge is 0.338 e. The smallest absolute Gasteiger partial charge is 0.253 e. The zero-order valence-electron chi connectivity index (χ0n) is 11.6. The number of hydrogen-bond acceptors (Lipinski definition) is 2. The second-order valence-electron chi connectivity index (χ2n) is 5.18. The molecule has 1 unspecified atom stereocenters. The summed E-state index contributed by atoms with van der Waals surface area (Å²) in [5.41, 5.74) is 8.08. The number of carbonyl (C=O) groups is 1. The van der Waals surface area contributed by atoms with Gasteiger partial charge in [0, 0.05) is 24.2 Å². The number of aryl methyl sites for hydroxylation is 1. The van der Waals surface area contributed by atoms with Crippen LogP contribution in [0.1, 0.15) is 34.8 Å². The van der Waals surface area contributed by atoms with Crippen molar-refractivity contribution in [2.24, 2.45) is 11.7 Å². The van der Waals surface area contributed by atoms with Crippen LogP contribution in [0.3, 0.4) is 0 Å². The predicted molar refractivity (Wildman–Crippen MR) is 76.8 cm³/mol. The molecule has 1 atom stereocenters. The average Bonchev–Trinajstić information content (AvgIpc) is 2.83. The first-order valence-corrected chi connectivity index (χ1v) is 6.70. The molecule has 1 aliphatic heterocycles. The second-order valence-corrected chi connectivity index (χ2v) is 5.18. The van der Waals surface area contributed by atoms with Crippen LogP contribution in [-0.2, 0) is 0 Å². The van der Waals surface area contributed by atoms with E-state index in [1.54, 1.807) is 0 Å². The van der Waals surface area contributed by atoms with E-state index in [-0.39, 0.29) is 5.91 Å². The Morgan fingerprint density at radius 2 is 2.32 bits per heavy atom. The zero-order valence-corrected chi connectivity index (χ0v) is 11.6. The Balaban J connectivity index is 2.23. The fourth-order valence-electron chi connectivity index (χ4n) is 2.34. The van der Waals surface area contributed by atoms with Crippen LogP contribution in [0.25, 0.3) is 0 Å². The minimum absolute atomic E-state index is 0.111. The maximum absolute atomic E-state index is 12.4. The molecule has 1 saturated heterocycles. The van der Waals surface area contributed by atoms with Crippen LogP contribution < -0.4 is 5.73 Å². The van der Waals surface area contributed by atoms with E-state index in [1.165, 1.54) is 0 Å². The van der Waals surface area contributed by atoms with Crippen molar-refractivity contribution >= 4 is 5.91 Å². The molecule has 0 aromatic heterocycles. The number of rotatable bonds is 1. The molecule has 0 aliphatic carbocycles. The Kier molecular flexibility index (Phi) is 4.24. The van der Waals surface area contributed by atoms with Crippen molar-refractivity contribution in [3.05, 3.63) is 34.9 Å². The Labute approximate surface area is 114 Å². The van der Waals surface area contributed by atoms with Gasteiger partial charge < -0.3 is 10.6 Å². The number of nitrogens with two attached hydrogens (primary N) is 1. The molecule has 100 valence electrons. The van der Waals surface area contributed by atoms with Gasteiger partial charge in [0.05, 0.1) is 6.54 Å². The highest BCUT2D eigenvalue weighted by Crippen LogP contribution is 2.19. The lowest BCUT2D eigenvalue weighted by atomic mass is 10.0. The molecule has 2 N–H and O–H groups in total. The number of nitrogens with zero attached hydrogens (tertiary/aromatic N) is 1. The minimum atomic E-state index is 0.111. The van der Waals surface area contributed by atoms with Crippen molar-refractivity contribution in [3.8, 4) is 11.8 Å². The summed E-state index contributed by atoms with van der Waals surface area (Å²) in [4.78, 5) is 14.3. The molecule has 1 aromatic carbocycles. The lowest BCUT2D eigenvalue weighted by Crippen LogP contribution is -2.28. The molecule has 1 fully saturated rings. The molecule has 1 aliphatic rings. The summed E-state index contributed by atoms with van der Waals surface area (Å²) >= 11 is 0. The molecule has 0 radical (unpaired) electrons. The zero-order chi connectivity index (χ0) is 13.8. The molecule has 1 heterocycles. The molecule has 0 bridgehead atoms. The first-order chi connectivity index (χ1) is 9.11.